The van der Waals surface area contributed by atoms with Gasteiger partial charge in [0.25, 0.3) is 0 Å². The molecule has 17 heavy (non-hydrogen) atoms. The molecule has 0 aliphatic carbocycles. The Morgan fingerprint density at radius 2 is 1.82 bits per heavy atom. The highest BCUT2D eigenvalue weighted by Crippen LogP contribution is 2.22. The molecule has 0 spiro atoms. The van der Waals surface area contributed by atoms with Gasteiger partial charge in [-0.25, -0.2) is 4.68 Å². The molecule has 0 unspecified atom stereocenters. The molecule has 84 valence electrons. The minimum atomic E-state index is 0.756. The maximum absolute atomic E-state index is 5.68. The van der Waals surface area contributed by atoms with E-state index in [9.17, 15) is 0 Å². The molecule has 1 aromatic heterocycles. The highest BCUT2D eigenvalue weighted by atomic mass is 79.9. The molecule has 0 saturated heterocycles. The van der Waals surface area contributed by atoms with Crippen LogP contribution in [0.25, 0.3) is 16.6 Å². The van der Waals surface area contributed by atoms with Crippen LogP contribution in [0.4, 0.5) is 5.69 Å². The number of benzene rings is 2. The summed E-state index contributed by atoms with van der Waals surface area (Å²) < 4.78 is 2.95. The lowest BCUT2D eigenvalue weighted by molar-refractivity contribution is 0.911. The Morgan fingerprint density at radius 3 is 2.59 bits per heavy atom. The Balaban J connectivity index is 2.23. The van der Waals surface area contributed by atoms with Gasteiger partial charge in [0.1, 0.15) is 0 Å². The van der Waals surface area contributed by atoms with E-state index in [1.807, 2.05) is 47.3 Å². The molecule has 0 bridgehead atoms. The molecular weight excluding hydrogens is 278 g/mol. The number of nitrogens with two attached hydrogens (primary N) is 1. The van der Waals surface area contributed by atoms with Gasteiger partial charge >= 0.3 is 0 Å². The first-order valence-electron chi connectivity index (χ1n) is 5.23. The number of rotatable bonds is 1. The van der Waals surface area contributed by atoms with Crippen molar-refractivity contribution in [1.29, 1.82) is 0 Å². The molecule has 0 radical (unpaired) electrons. The largest absolute Gasteiger partial charge is 0.399 e. The third-order valence-electron chi connectivity index (χ3n) is 2.67. The van der Waals surface area contributed by atoms with E-state index in [0.717, 1.165) is 26.8 Å². The number of anilines is 1. The van der Waals surface area contributed by atoms with E-state index in [0.29, 0.717) is 0 Å². The van der Waals surface area contributed by atoms with Crippen LogP contribution in [0.15, 0.2) is 53.1 Å². The molecule has 2 aromatic carbocycles. The number of nitrogens with zero attached hydrogens (tertiary/aromatic N) is 2. The van der Waals surface area contributed by atoms with Crippen molar-refractivity contribution < 1.29 is 0 Å². The maximum Gasteiger partial charge on any atom is 0.0752 e. The lowest BCUT2D eigenvalue weighted by atomic mass is 10.2. The molecule has 2 N–H and O–H groups in total. The van der Waals surface area contributed by atoms with Gasteiger partial charge in [-0.2, -0.15) is 5.10 Å². The molecule has 4 heteroatoms. The molecule has 0 fully saturated rings. The summed E-state index contributed by atoms with van der Waals surface area (Å²) in [7, 11) is 0. The predicted octanol–water partition coefficient (Wildman–Crippen LogP) is 3.37. The van der Waals surface area contributed by atoms with Crippen LogP contribution in [0.2, 0.25) is 0 Å². The average molecular weight is 288 g/mol. The first-order valence-corrected chi connectivity index (χ1v) is 6.02. The second-order valence-corrected chi connectivity index (χ2v) is 4.77. The van der Waals surface area contributed by atoms with Gasteiger partial charge in [0, 0.05) is 15.5 Å². The lowest BCUT2D eigenvalue weighted by Crippen LogP contribution is -1.96. The zero-order valence-electron chi connectivity index (χ0n) is 8.97. The minimum Gasteiger partial charge on any atom is -0.399 e. The van der Waals surface area contributed by atoms with Crippen LogP contribution in [0.1, 0.15) is 0 Å². The molecule has 3 nitrogen and oxygen atoms in total. The van der Waals surface area contributed by atoms with E-state index < -0.39 is 0 Å². The molecule has 0 atom stereocenters. The second kappa shape index (κ2) is 3.89. The monoisotopic (exact) mass is 287 g/mol. The average Bonchev–Trinajstić information content (AvgIpc) is 2.73. The molecule has 3 rings (SSSR count). The topological polar surface area (TPSA) is 43.8 Å². The van der Waals surface area contributed by atoms with Crippen molar-refractivity contribution >= 4 is 32.5 Å². The van der Waals surface area contributed by atoms with Crippen molar-refractivity contribution in [3.63, 3.8) is 0 Å². The fraction of sp³-hybridized carbons (Fsp3) is 0. The normalized spacial score (nSPS) is 10.9. The van der Waals surface area contributed by atoms with Gasteiger partial charge in [-0.3, -0.25) is 0 Å². The zero-order valence-corrected chi connectivity index (χ0v) is 10.6. The summed E-state index contributed by atoms with van der Waals surface area (Å²) in [6.45, 7) is 0. The maximum atomic E-state index is 5.68. The summed E-state index contributed by atoms with van der Waals surface area (Å²) in [5, 5.41) is 5.51. The number of hydrogen-bond acceptors (Lipinski definition) is 2. The summed E-state index contributed by atoms with van der Waals surface area (Å²) >= 11 is 3.47. The highest BCUT2D eigenvalue weighted by molar-refractivity contribution is 9.10. The SMILES string of the molecule is Nc1ccc(-n2ncc3ccc(Br)cc32)cc1. The smallest absolute Gasteiger partial charge is 0.0752 e. The van der Waals surface area contributed by atoms with Crippen molar-refractivity contribution in [2.75, 3.05) is 5.73 Å². The summed E-state index contributed by atoms with van der Waals surface area (Å²) in [5.74, 6) is 0. The third kappa shape index (κ3) is 1.80. The van der Waals surface area contributed by atoms with Crippen LogP contribution < -0.4 is 5.73 Å². The number of nitrogen functional groups attached to an aromatic ring is 1. The van der Waals surface area contributed by atoms with Crippen LogP contribution in [0, 0.1) is 0 Å². The Kier molecular flexibility index (Phi) is 2.37. The van der Waals surface area contributed by atoms with Crippen molar-refractivity contribution in [3.8, 4) is 5.69 Å². The van der Waals surface area contributed by atoms with E-state index in [-0.39, 0.29) is 0 Å². The number of fused-ring (bicyclic) bond motifs is 1. The fourth-order valence-corrected chi connectivity index (χ4v) is 2.16. The van der Waals surface area contributed by atoms with Crippen molar-refractivity contribution in [2.24, 2.45) is 0 Å². The second-order valence-electron chi connectivity index (χ2n) is 3.85. The van der Waals surface area contributed by atoms with Gasteiger partial charge in [-0.1, -0.05) is 22.0 Å². The summed E-state index contributed by atoms with van der Waals surface area (Å²) in [4.78, 5) is 0. The van der Waals surface area contributed by atoms with Gasteiger partial charge in [-0.15, -0.1) is 0 Å². The van der Waals surface area contributed by atoms with E-state index in [4.69, 9.17) is 5.73 Å². The standard InChI is InChI=1S/C13H10BrN3/c14-10-2-1-9-8-16-17(13(9)7-10)12-5-3-11(15)4-6-12/h1-8H,15H2. The van der Waals surface area contributed by atoms with Crippen LogP contribution in [-0.2, 0) is 0 Å². The van der Waals surface area contributed by atoms with Crippen LogP contribution in [0.3, 0.4) is 0 Å². The summed E-state index contributed by atoms with van der Waals surface area (Å²) in [6, 6.07) is 13.8. The molecule has 0 aliphatic rings. The Labute approximate surface area is 107 Å². The molecule has 0 saturated carbocycles. The van der Waals surface area contributed by atoms with Gasteiger partial charge < -0.3 is 5.73 Å². The Morgan fingerprint density at radius 1 is 1.06 bits per heavy atom. The highest BCUT2D eigenvalue weighted by Gasteiger charge is 2.04. The molecule has 0 aliphatic heterocycles. The van der Waals surface area contributed by atoms with Crippen LogP contribution in [-0.4, -0.2) is 9.78 Å². The van der Waals surface area contributed by atoms with E-state index in [1.165, 1.54) is 0 Å². The summed E-state index contributed by atoms with van der Waals surface area (Å²) in [6.07, 6.45) is 1.86. The third-order valence-corrected chi connectivity index (χ3v) is 3.16. The molecule has 1 heterocycles. The Hall–Kier alpha value is -1.81. The first-order chi connectivity index (χ1) is 8.24. The van der Waals surface area contributed by atoms with Crippen molar-refractivity contribution in [3.05, 3.63) is 53.1 Å². The van der Waals surface area contributed by atoms with Gasteiger partial charge in [0.2, 0.25) is 0 Å². The van der Waals surface area contributed by atoms with Crippen LogP contribution >= 0.6 is 15.9 Å². The molecule has 0 amide bonds. The zero-order chi connectivity index (χ0) is 11.8. The number of aromatic nitrogens is 2. The first kappa shape index (κ1) is 10.4. The van der Waals surface area contributed by atoms with Crippen molar-refractivity contribution in [1.82, 2.24) is 9.78 Å². The van der Waals surface area contributed by atoms with E-state index in [1.54, 1.807) is 0 Å². The predicted molar refractivity (Wildman–Crippen MR) is 73.2 cm³/mol. The van der Waals surface area contributed by atoms with Gasteiger partial charge in [0.05, 0.1) is 17.4 Å². The number of halogens is 1. The quantitative estimate of drug-likeness (QED) is 0.698. The lowest BCUT2D eigenvalue weighted by Gasteiger charge is -2.04. The molecular formula is C13H10BrN3. The Bertz CT molecular complexity index is 671. The minimum absolute atomic E-state index is 0.756. The fourth-order valence-electron chi connectivity index (χ4n) is 1.81. The molecule has 3 aromatic rings. The van der Waals surface area contributed by atoms with E-state index in [2.05, 4.69) is 27.1 Å². The van der Waals surface area contributed by atoms with E-state index >= 15 is 0 Å². The summed E-state index contributed by atoms with van der Waals surface area (Å²) in [5.41, 5.74) is 8.52. The van der Waals surface area contributed by atoms with Crippen LogP contribution in [0.5, 0.6) is 0 Å². The van der Waals surface area contributed by atoms with Gasteiger partial charge in [0.15, 0.2) is 0 Å². The van der Waals surface area contributed by atoms with Crippen molar-refractivity contribution in [2.45, 2.75) is 0 Å². The number of hydrogen-bond donors (Lipinski definition) is 1. The van der Waals surface area contributed by atoms with Gasteiger partial charge in [-0.05, 0) is 36.4 Å².